The Morgan fingerprint density at radius 1 is 1.26 bits per heavy atom. The highest BCUT2D eigenvalue weighted by Crippen LogP contribution is 2.27. The largest absolute Gasteiger partial charge is 0.445 e. The van der Waals surface area contributed by atoms with E-state index in [0.29, 0.717) is 0 Å². The number of carbonyl (C=O) groups excluding carboxylic acids is 3. The summed E-state index contributed by atoms with van der Waals surface area (Å²) in [5.41, 5.74) is 0.852. The van der Waals surface area contributed by atoms with Crippen molar-refractivity contribution in [1.82, 2.24) is 10.2 Å². The molecule has 1 aliphatic rings. The van der Waals surface area contributed by atoms with Gasteiger partial charge in [0.1, 0.15) is 12.8 Å². The first-order valence-electron chi connectivity index (χ1n) is 7.30. The third kappa shape index (κ3) is 4.54. The van der Waals surface area contributed by atoms with E-state index in [2.05, 4.69) is 21.2 Å². The van der Waals surface area contributed by atoms with Gasteiger partial charge in [0.25, 0.3) is 0 Å². The van der Waals surface area contributed by atoms with Gasteiger partial charge in [-0.1, -0.05) is 46.3 Å². The van der Waals surface area contributed by atoms with E-state index in [1.165, 1.54) is 0 Å². The van der Waals surface area contributed by atoms with Crippen molar-refractivity contribution < 1.29 is 19.1 Å². The van der Waals surface area contributed by atoms with E-state index >= 15 is 0 Å². The summed E-state index contributed by atoms with van der Waals surface area (Å²) in [6.07, 6.45) is -1.16. The highest BCUT2D eigenvalue weighted by molar-refractivity contribution is 9.10. The molecular weight excluding hydrogens is 364 g/mol. The molecule has 7 heteroatoms. The Morgan fingerprint density at radius 2 is 1.83 bits per heavy atom. The van der Waals surface area contributed by atoms with Gasteiger partial charge in [0.2, 0.25) is 11.8 Å². The lowest BCUT2D eigenvalue weighted by Crippen LogP contribution is -2.58. The Balaban J connectivity index is 2.02. The molecule has 0 saturated carbocycles. The van der Waals surface area contributed by atoms with Crippen molar-refractivity contribution in [3.63, 3.8) is 0 Å². The summed E-state index contributed by atoms with van der Waals surface area (Å²) in [6.45, 7) is 3.66. The number of alkyl halides is 1. The fourth-order valence-corrected chi connectivity index (χ4v) is 2.62. The predicted molar refractivity (Wildman–Crippen MR) is 87.6 cm³/mol. The molecule has 1 atom stereocenters. The van der Waals surface area contributed by atoms with Gasteiger partial charge in [-0.25, -0.2) is 4.79 Å². The molecule has 0 aromatic heterocycles. The fourth-order valence-electron chi connectivity index (χ4n) is 2.30. The summed E-state index contributed by atoms with van der Waals surface area (Å²) in [4.78, 5) is 37.0. The Kier molecular flexibility index (Phi) is 5.41. The van der Waals surface area contributed by atoms with Crippen LogP contribution in [-0.4, -0.2) is 33.3 Å². The maximum atomic E-state index is 12.0. The van der Waals surface area contributed by atoms with Gasteiger partial charge >= 0.3 is 6.09 Å². The molecule has 6 nitrogen and oxygen atoms in total. The van der Waals surface area contributed by atoms with E-state index in [-0.39, 0.29) is 31.3 Å². The summed E-state index contributed by atoms with van der Waals surface area (Å²) >= 11 is 3.42. The number of ether oxygens (including phenoxy) is 1. The normalized spacial score (nSPS) is 16.4. The molecular formula is C16H19BrN2O4. The highest BCUT2D eigenvalue weighted by Gasteiger charge is 2.42. The van der Waals surface area contributed by atoms with Crippen molar-refractivity contribution in [2.75, 3.05) is 0 Å². The van der Waals surface area contributed by atoms with Crippen LogP contribution in [0, 0.1) is 0 Å². The molecule has 1 aliphatic heterocycles. The average molecular weight is 383 g/mol. The van der Waals surface area contributed by atoms with Crippen LogP contribution in [0.15, 0.2) is 30.3 Å². The lowest BCUT2D eigenvalue weighted by molar-refractivity contribution is -0.142. The Hall–Kier alpha value is -1.89. The Morgan fingerprint density at radius 3 is 2.35 bits per heavy atom. The average Bonchev–Trinajstić information content (AvgIpc) is 2.82. The van der Waals surface area contributed by atoms with Crippen molar-refractivity contribution >= 4 is 33.8 Å². The number of hydrogen-bond donors (Lipinski definition) is 1. The second kappa shape index (κ2) is 7.12. The van der Waals surface area contributed by atoms with Gasteiger partial charge in [0.15, 0.2) is 0 Å². The van der Waals surface area contributed by atoms with Gasteiger partial charge in [-0.3, -0.25) is 19.8 Å². The number of nitrogens with one attached hydrogen (secondary N) is 1. The molecule has 124 valence electrons. The van der Waals surface area contributed by atoms with Crippen LogP contribution in [0.3, 0.4) is 0 Å². The Bertz CT molecular complexity index is 582. The summed E-state index contributed by atoms with van der Waals surface area (Å²) < 4.78 is 4.48. The summed E-state index contributed by atoms with van der Waals surface area (Å²) in [7, 11) is 0. The second-order valence-electron chi connectivity index (χ2n) is 5.83. The zero-order valence-electron chi connectivity index (χ0n) is 13.0. The molecule has 2 rings (SSSR count). The lowest BCUT2D eigenvalue weighted by atomic mass is 10.1. The number of amides is 3. The van der Waals surface area contributed by atoms with Crippen molar-refractivity contribution in [3.05, 3.63) is 35.9 Å². The van der Waals surface area contributed by atoms with Crippen molar-refractivity contribution in [2.45, 2.75) is 43.8 Å². The highest BCUT2D eigenvalue weighted by atomic mass is 79.9. The van der Waals surface area contributed by atoms with Crippen LogP contribution < -0.4 is 5.32 Å². The number of rotatable bonds is 5. The molecule has 0 spiro atoms. The van der Waals surface area contributed by atoms with Crippen LogP contribution in [0.5, 0.6) is 0 Å². The zero-order chi connectivity index (χ0) is 17.0. The molecule has 0 radical (unpaired) electrons. The number of halogens is 1. The van der Waals surface area contributed by atoms with Gasteiger partial charge in [-0.15, -0.1) is 0 Å². The molecule has 3 amide bonds. The van der Waals surface area contributed by atoms with Crippen LogP contribution in [0.4, 0.5) is 4.79 Å². The van der Waals surface area contributed by atoms with Gasteiger partial charge in [-0.2, -0.15) is 0 Å². The topological polar surface area (TPSA) is 75.7 Å². The molecule has 0 aliphatic carbocycles. The molecule has 1 fully saturated rings. The molecule has 1 saturated heterocycles. The summed E-state index contributed by atoms with van der Waals surface area (Å²) in [5.74, 6) is -0.591. The molecule has 1 aromatic carbocycles. The number of hydrogen-bond acceptors (Lipinski definition) is 4. The first-order chi connectivity index (χ1) is 10.8. The van der Waals surface area contributed by atoms with Crippen LogP contribution in [0.1, 0.15) is 32.3 Å². The SMILES string of the molecule is CC(C)(Br)C(NC(=O)OCc1ccccc1)N1C(=O)CCC1=O. The van der Waals surface area contributed by atoms with Crippen LogP contribution in [-0.2, 0) is 20.9 Å². The maximum absolute atomic E-state index is 12.0. The molecule has 0 bridgehead atoms. The minimum absolute atomic E-state index is 0.115. The third-order valence-corrected chi connectivity index (χ3v) is 3.90. The molecule has 1 aromatic rings. The molecule has 23 heavy (non-hydrogen) atoms. The number of alkyl carbamates (subject to hydrolysis) is 1. The Labute approximate surface area is 143 Å². The predicted octanol–water partition coefficient (Wildman–Crippen LogP) is 2.56. The minimum atomic E-state index is -0.812. The van der Waals surface area contributed by atoms with E-state index in [1.54, 1.807) is 13.8 Å². The maximum Gasteiger partial charge on any atom is 0.409 e. The molecule has 1 heterocycles. The van der Waals surface area contributed by atoms with Crippen LogP contribution >= 0.6 is 15.9 Å². The lowest BCUT2D eigenvalue weighted by Gasteiger charge is -2.35. The zero-order valence-corrected chi connectivity index (χ0v) is 14.6. The fraction of sp³-hybridized carbons (Fsp3) is 0.438. The number of nitrogens with zero attached hydrogens (tertiary/aromatic N) is 1. The van der Waals surface area contributed by atoms with E-state index < -0.39 is 16.6 Å². The van der Waals surface area contributed by atoms with Gasteiger partial charge in [-0.05, 0) is 19.4 Å². The monoisotopic (exact) mass is 382 g/mol. The van der Waals surface area contributed by atoms with E-state index in [0.717, 1.165) is 10.5 Å². The molecule has 1 N–H and O–H groups in total. The van der Waals surface area contributed by atoms with Crippen molar-refractivity contribution in [2.24, 2.45) is 0 Å². The van der Waals surface area contributed by atoms with Gasteiger partial charge in [0.05, 0.1) is 4.32 Å². The smallest absolute Gasteiger partial charge is 0.409 e. The van der Waals surface area contributed by atoms with Crippen molar-refractivity contribution in [3.8, 4) is 0 Å². The van der Waals surface area contributed by atoms with Gasteiger partial charge < -0.3 is 4.74 Å². The molecule has 1 unspecified atom stereocenters. The summed E-state index contributed by atoms with van der Waals surface area (Å²) in [5, 5.41) is 2.61. The number of imide groups is 1. The van der Waals surface area contributed by atoms with E-state index in [1.807, 2.05) is 30.3 Å². The van der Waals surface area contributed by atoms with Crippen LogP contribution in [0.2, 0.25) is 0 Å². The van der Waals surface area contributed by atoms with Crippen LogP contribution in [0.25, 0.3) is 0 Å². The van der Waals surface area contributed by atoms with Crippen molar-refractivity contribution in [1.29, 1.82) is 0 Å². The first-order valence-corrected chi connectivity index (χ1v) is 8.09. The van der Waals surface area contributed by atoms with Gasteiger partial charge in [0, 0.05) is 12.8 Å². The van der Waals surface area contributed by atoms with E-state index in [4.69, 9.17) is 4.74 Å². The summed E-state index contributed by atoms with van der Waals surface area (Å²) in [6, 6.07) is 9.25. The number of carbonyl (C=O) groups is 3. The minimum Gasteiger partial charge on any atom is -0.445 e. The quantitative estimate of drug-likeness (QED) is 0.627. The number of likely N-dealkylation sites (tertiary alicyclic amines) is 1. The first kappa shape index (κ1) is 17.5. The number of benzene rings is 1. The van der Waals surface area contributed by atoms with E-state index in [9.17, 15) is 14.4 Å². The standard InChI is InChI=1S/C16H19BrN2O4/c1-16(2,17)14(19-12(20)8-9-13(19)21)18-15(22)23-10-11-6-4-3-5-7-11/h3-7,14H,8-10H2,1-2H3,(H,18,22). The third-order valence-electron chi connectivity index (χ3n) is 3.47. The second-order valence-corrected chi connectivity index (χ2v) is 7.87.